The highest BCUT2D eigenvalue weighted by Gasteiger charge is 2.37. The molecule has 2 N–H and O–H groups in total. The Morgan fingerprint density at radius 1 is 1.19 bits per heavy atom. The van der Waals surface area contributed by atoms with Crippen molar-refractivity contribution in [1.82, 2.24) is 15.5 Å². The van der Waals surface area contributed by atoms with Gasteiger partial charge in [-0.25, -0.2) is 0 Å². The number of hydrogen-bond acceptors (Lipinski definition) is 5. The second-order valence-corrected chi connectivity index (χ2v) is 6.57. The van der Waals surface area contributed by atoms with Gasteiger partial charge in [0.2, 0.25) is 0 Å². The highest BCUT2D eigenvalue weighted by Crippen LogP contribution is 2.34. The van der Waals surface area contributed by atoms with Crippen molar-refractivity contribution < 1.29 is 18.8 Å². The Hall–Kier alpha value is -3.13. The van der Waals surface area contributed by atoms with Crippen molar-refractivity contribution in [2.75, 3.05) is 32.6 Å². The molecule has 0 spiro atoms. The highest BCUT2D eigenvalue weighted by molar-refractivity contribution is 6.35. The summed E-state index contributed by atoms with van der Waals surface area (Å²) in [6.07, 6.45) is 1.56. The average molecular weight is 370 g/mol. The predicted molar refractivity (Wildman–Crippen MR) is 98.9 cm³/mol. The Morgan fingerprint density at radius 3 is 2.59 bits per heavy atom. The van der Waals surface area contributed by atoms with E-state index in [0.29, 0.717) is 11.3 Å². The number of para-hydroxylation sites is 1. The van der Waals surface area contributed by atoms with E-state index < -0.39 is 17.9 Å². The van der Waals surface area contributed by atoms with E-state index >= 15 is 0 Å². The van der Waals surface area contributed by atoms with Gasteiger partial charge in [0.25, 0.3) is 5.91 Å². The number of fused-ring (bicyclic) bond motifs is 1. The van der Waals surface area contributed by atoms with Crippen LogP contribution in [0.1, 0.15) is 23.4 Å². The quantitative estimate of drug-likeness (QED) is 0.761. The minimum absolute atomic E-state index is 0.196. The fourth-order valence-electron chi connectivity index (χ4n) is 3.11. The number of benzene rings is 1. The first-order valence-electron chi connectivity index (χ1n) is 8.55. The minimum Gasteiger partial charge on any atom is -0.468 e. The van der Waals surface area contributed by atoms with Crippen LogP contribution in [-0.4, -0.2) is 50.3 Å². The molecule has 1 aliphatic rings. The first kappa shape index (κ1) is 18.7. The molecule has 2 unspecified atom stereocenters. The van der Waals surface area contributed by atoms with Gasteiger partial charge in [-0.15, -0.1) is 0 Å². The monoisotopic (exact) mass is 370 g/mol. The van der Waals surface area contributed by atoms with Crippen molar-refractivity contribution in [2.45, 2.75) is 12.1 Å². The number of furan rings is 1. The van der Waals surface area contributed by atoms with Gasteiger partial charge in [-0.2, -0.15) is 0 Å². The molecular formula is C19H22N4O4. The summed E-state index contributed by atoms with van der Waals surface area (Å²) in [4.78, 5) is 40.3. The van der Waals surface area contributed by atoms with Crippen molar-refractivity contribution in [3.63, 3.8) is 0 Å². The normalized spacial score (nSPS) is 17.0. The Labute approximate surface area is 157 Å². The number of nitrogens with one attached hydrogen (secondary N) is 2. The lowest BCUT2D eigenvalue weighted by Gasteiger charge is -2.22. The van der Waals surface area contributed by atoms with Crippen LogP contribution in [0.5, 0.6) is 0 Å². The molecule has 0 saturated carbocycles. The number of carbonyl (C=O) groups excluding carboxylic acids is 3. The minimum atomic E-state index is -0.862. The third kappa shape index (κ3) is 3.70. The SMILES string of the molecule is CN1C(=O)C(NC(=O)C(=O)NCC(c2ccco2)N(C)C)c2ccccc21. The Bertz CT molecular complexity index is 847. The van der Waals surface area contributed by atoms with Crippen LogP contribution in [0.4, 0.5) is 5.69 Å². The van der Waals surface area contributed by atoms with Crippen molar-refractivity contribution in [1.29, 1.82) is 0 Å². The molecule has 0 radical (unpaired) electrons. The van der Waals surface area contributed by atoms with E-state index in [1.807, 2.05) is 25.1 Å². The van der Waals surface area contributed by atoms with E-state index in [2.05, 4.69) is 10.6 Å². The zero-order chi connectivity index (χ0) is 19.6. The number of nitrogens with zero attached hydrogens (tertiary/aromatic N) is 2. The Balaban J connectivity index is 1.63. The standard InChI is InChI=1S/C19H22N4O4/c1-22(2)14(15-9-6-10-27-15)11-20-17(24)18(25)21-16-12-7-4-5-8-13(12)23(3)19(16)26/h4-10,14,16H,11H2,1-3H3,(H,20,24)(H,21,25). The molecule has 0 saturated heterocycles. The average Bonchev–Trinajstić information content (AvgIpc) is 3.25. The molecule has 142 valence electrons. The maximum absolute atomic E-state index is 12.4. The molecule has 3 rings (SSSR count). The topological polar surface area (TPSA) is 94.9 Å². The largest absolute Gasteiger partial charge is 0.468 e. The smallest absolute Gasteiger partial charge is 0.310 e. The van der Waals surface area contributed by atoms with Crippen LogP contribution in [0.3, 0.4) is 0 Å². The van der Waals surface area contributed by atoms with E-state index in [9.17, 15) is 14.4 Å². The van der Waals surface area contributed by atoms with Crippen LogP contribution in [0, 0.1) is 0 Å². The number of carbonyl (C=O) groups is 3. The number of rotatable bonds is 5. The summed E-state index contributed by atoms with van der Waals surface area (Å²) in [5.74, 6) is -1.25. The Morgan fingerprint density at radius 2 is 1.93 bits per heavy atom. The van der Waals surface area contributed by atoms with E-state index in [1.54, 1.807) is 43.6 Å². The van der Waals surface area contributed by atoms with Crippen molar-refractivity contribution >= 4 is 23.4 Å². The summed E-state index contributed by atoms with van der Waals surface area (Å²) in [6, 6.07) is 9.66. The van der Waals surface area contributed by atoms with Gasteiger partial charge in [0.15, 0.2) is 0 Å². The van der Waals surface area contributed by atoms with Crippen LogP contribution < -0.4 is 15.5 Å². The van der Waals surface area contributed by atoms with Crippen LogP contribution in [0.2, 0.25) is 0 Å². The Kier molecular flexibility index (Phi) is 5.27. The molecule has 1 aliphatic heterocycles. The maximum atomic E-state index is 12.4. The molecule has 8 nitrogen and oxygen atoms in total. The summed E-state index contributed by atoms with van der Waals surface area (Å²) >= 11 is 0. The third-order valence-corrected chi connectivity index (χ3v) is 4.62. The first-order valence-corrected chi connectivity index (χ1v) is 8.55. The summed E-state index contributed by atoms with van der Waals surface area (Å²) in [7, 11) is 5.34. The van der Waals surface area contributed by atoms with Gasteiger partial charge in [0.1, 0.15) is 11.8 Å². The van der Waals surface area contributed by atoms with Gasteiger partial charge in [0.05, 0.1) is 12.3 Å². The van der Waals surface area contributed by atoms with E-state index in [-0.39, 0.29) is 18.5 Å². The van der Waals surface area contributed by atoms with Crippen molar-refractivity contribution in [3.8, 4) is 0 Å². The van der Waals surface area contributed by atoms with Crippen LogP contribution in [0.15, 0.2) is 47.1 Å². The first-order chi connectivity index (χ1) is 12.9. The van der Waals surface area contributed by atoms with Gasteiger partial charge in [0, 0.05) is 24.8 Å². The van der Waals surface area contributed by atoms with E-state index in [1.165, 1.54) is 4.90 Å². The lowest BCUT2D eigenvalue weighted by molar-refractivity contribution is -0.140. The van der Waals surface area contributed by atoms with Crippen LogP contribution in [0.25, 0.3) is 0 Å². The molecule has 1 aromatic carbocycles. The second-order valence-electron chi connectivity index (χ2n) is 6.57. The molecule has 0 bridgehead atoms. The lowest BCUT2D eigenvalue weighted by atomic mass is 10.1. The number of hydrogen-bond donors (Lipinski definition) is 2. The summed E-state index contributed by atoms with van der Waals surface area (Å²) in [6.45, 7) is 0.196. The number of anilines is 1. The van der Waals surface area contributed by atoms with Crippen molar-refractivity contribution in [3.05, 3.63) is 54.0 Å². The molecule has 27 heavy (non-hydrogen) atoms. The number of amides is 3. The molecule has 0 aliphatic carbocycles. The molecule has 3 amide bonds. The molecule has 8 heteroatoms. The zero-order valence-electron chi connectivity index (χ0n) is 15.4. The van der Waals surface area contributed by atoms with Gasteiger partial charge in [-0.05, 0) is 32.3 Å². The van der Waals surface area contributed by atoms with Gasteiger partial charge in [-0.3, -0.25) is 19.3 Å². The lowest BCUT2D eigenvalue weighted by Crippen LogP contribution is -2.45. The van der Waals surface area contributed by atoms with E-state index in [0.717, 1.165) is 5.69 Å². The molecule has 2 heterocycles. The summed E-state index contributed by atoms with van der Waals surface area (Å²) in [5.41, 5.74) is 1.40. The summed E-state index contributed by atoms with van der Waals surface area (Å²) in [5, 5.41) is 5.12. The maximum Gasteiger partial charge on any atom is 0.310 e. The van der Waals surface area contributed by atoms with Gasteiger partial charge >= 0.3 is 11.8 Å². The molecular weight excluding hydrogens is 348 g/mol. The summed E-state index contributed by atoms with van der Waals surface area (Å²) < 4.78 is 5.38. The molecule has 2 atom stereocenters. The predicted octanol–water partition coefficient (Wildman–Crippen LogP) is 0.832. The third-order valence-electron chi connectivity index (χ3n) is 4.62. The van der Waals surface area contributed by atoms with Gasteiger partial charge in [-0.1, -0.05) is 18.2 Å². The zero-order valence-corrected chi connectivity index (χ0v) is 15.4. The fourth-order valence-corrected chi connectivity index (χ4v) is 3.11. The van der Waals surface area contributed by atoms with Gasteiger partial charge < -0.3 is 20.0 Å². The van der Waals surface area contributed by atoms with Crippen molar-refractivity contribution in [2.24, 2.45) is 0 Å². The highest BCUT2D eigenvalue weighted by atomic mass is 16.3. The molecule has 0 fully saturated rings. The number of likely N-dealkylation sites (N-methyl/N-ethyl adjacent to an activating group) is 2. The fraction of sp³-hybridized carbons (Fsp3) is 0.316. The second kappa shape index (κ2) is 7.63. The molecule has 1 aromatic heterocycles. The molecule has 2 aromatic rings. The van der Waals surface area contributed by atoms with Crippen LogP contribution in [-0.2, 0) is 14.4 Å². The van der Waals surface area contributed by atoms with E-state index in [4.69, 9.17) is 4.42 Å². The van der Waals surface area contributed by atoms with Crippen LogP contribution >= 0.6 is 0 Å².